The van der Waals surface area contributed by atoms with Crippen molar-refractivity contribution in [2.45, 2.75) is 44.1 Å². The van der Waals surface area contributed by atoms with Gasteiger partial charge in [0.15, 0.2) is 0 Å². The highest BCUT2D eigenvalue weighted by atomic mass is 32.2. The molecule has 0 aliphatic carbocycles. The molecule has 1 N–H and O–H groups in total. The molecule has 26 heavy (non-hydrogen) atoms. The minimum atomic E-state index is -3.60. The van der Waals surface area contributed by atoms with E-state index in [1.165, 1.54) is 6.07 Å². The third kappa shape index (κ3) is 4.10. The average molecular weight is 381 g/mol. The Labute approximate surface area is 155 Å². The van der Waals surface area contributed by atoms with Crippen LogP contribution in [0.3, 0.4) is 0 Å². The average Bonchev–Trinajstić information content (AvgIpc) is 2.61. The molecule has 0 radical (unpaired) electrons. The van der Waals surface area contributed by atoms with Gasteiger partial charge in [-0.15, -0.1) is 0 Å². The molecule has 0 spiro atoms. The summed E-state index contributed by atoms with van der Waals surface area (Å²) in [5.41, 5.74) is 0.389. The van der Waals surface area contributed by atoms with E-state index < -0.39 is 10.0 Å². The van der Waals surface area contributed by atoms with Crippen molar-refractivity contribution in [3.05, 3.63) is 29.8 Å². The standard InChI is InChI=1S/C19H28N2O4S/c1-14-10-15(2)13-21(12-14)26(24,25)18-5-3-4-16(11-18)19(23)20-8-6-17(22)7-9-20/h3-5,11,14-15,17,22H,6-10,12-13H2,1-2H3. The zero-order chi connectivity index (χ0) is 18.9. The maximum absolute atomic E-state index is 13.0. The second-order valence-electron chi connectivity index (χ2n) is 7.82. The molecule has 7 heteroatoms. The molecule has 2 aliphatic heterocycles. The first kappa shape index (κ1) is 19.3. The van der Waals surface area contributed by atoms with Crippen molar-refractivity contribution < 1.29 is 18.3 Å². The van der Waals surface area contributed by atoms with E-state index in [2.05, 4.69) is 13.8 Å². The first-order valence-electron chi connectivity index (χ1n) is 9.35. The molecule has 0 aromatic heterocycles. The van der Waals surface area contributed by atoms with Gasteiger partial charge in [-0.1, -0.05) is 19.9 Å². The Hall–Kier alpha value is -1.44. The highest BCUT2D eigenvalue weighted by molar-refractivity contribution is 7.89. The Bertz CT molecular complexity index is 747. The molecule has 144 valence electrons. The van der Waals surface area contributed by atoms with Crippen LogP contribution in [0.1, 0.15) is 43.5 Å². The van der Waals surface area contributed by atoms with Crippen molar-refractivity contribution in [2.24, 2.45) is 11.8 Å². The van der Waals surface area contributed by atoms with Crippen molar-refractivity contribution in [1.82, 2.24) is 9.21 Å². The van der Waals surface area contributed by atoms with Crippen molar-refractivity contribution in [3.63, 3.8) is 0 Å². The lowest BCUT2D eigenvalue weighted by molar-refractivity contribution is 0.0546. The molecule has 1 aromatic rings. The number of sulfonamides is 1. The van der Waals surface area contributed by atoms with Gasteiger partial charge in [-0.05, 0) is 49.3 Å². The lowest BCUT2D eigenvalue weighted by Crippen LogP contribution is -2.42. The van der Waals surface area contributed by atoms with E-state index in [1.807, 2.05) is 0 Å². The number of piperidine rings is 2. The maximum Gasteiger partial charge on any atom is 0.253 e. The van der Waals surface area contributed by atoms with E-state index in [-0.39, 0.29) is 16.9 Å². The first-order chi connectivity index (χ1) is 12.3. The van der Waals surface area contributed by atoms with Gasteiger partial charge in [-0.3, -0.25) is 4.79 Å². The van der Waals surface area contributed by atoms with Crippen LogP contribution in [0.4, 0.5) is 0 Å². The summed E-state index contributed by atoms with van der Waals surface area (Å²) >= 11 is 0. The minimum Gasteiger partial charge on any atom is -0.393 e. The first-order valence-corrected chi connectivity index (χ1v) is 10.8. The predicted octanol–water partition coefficient (Wildman–Crippen LogP) is 1.95. The second kappa shape index (κ2) is 7.66. The summed E-state index contributed by atoms with van der Waals surface area (Å²) in [6.45, 7) is 6.19. The van der Waals surface area contributed by atoms with Gasteiger partial charge in [-0.25, -0.2) is 8.42 Å². The summed E-state index contributed by atoms with van der Waals surface area (Å²) < 4.78 is 27.6. The number of amides is 1. The van der Waals surface area contributed by atoms with Gasteiger partial charge < -0.3 is 10.0 Å². The van der Waals surface area contributed by atoms with E-state index in [4.69, 9.17) is 0 Å². The smallest absolute Gasteiger partial charge is 0.253 e. The molecular weight excluding hydrogens is 352 g/mol. The number of aliphatic hydroxyl groups is 1. The summed E-state index contributed by atoms with van der Waals surface area (Å²) in [4.78, 5) is 14.6. The van der Waals surface area contributed by atoms with Gasteiger partial charge in [0.1, 0.15) is 0 Å². The van der Waals surface area contributed by atoms with Gasteiger partial charge in [-0.2, -0.15) is 4.31 Å². The normalized spacial score (nSPS) is 26.0. The van der Waals surface area contributed by atoms with Crippen LogP contribution in [0.5, 0.6) is 0 Å². The van der Waals surface area contributed by atoms with Crippen LogP contribution in [0.15, 0.2) is 29.2 Å². The summed E-state index contributed by atoms with van der Waals surface area (Å²) in [5, 5.41) is 9.59. The van der Waals surface area contributed by atoms with Crippen molar-refractivity contribution in [3.8, 4) is 0 Å². The number of nitrogens with zero attached hydrogens (tertiary/aromatic N) is 2. The molecule has 0 bridgehead atoms. The molecule has 1 amide bonds. The Kier molecular flexibility index (Phi) is 5.69. The largest absolute Gasteiger partial charge is 0.393 e. The number of rotatable bonds is 3. The predicted molar refractivity (Wildman–Crippen MR) is 99.3 cm³/mol. The molecule has 1 aromatic carbocycles. The van der Waals surface area contributed by atoms with Crippen LogP contribution < -0.4 is 0 Å². The highest BCUT2D eigenvalue weighted by Gasteiger charge is 2.32. The lowest BCUT2D eigenvalue weighted by atomic mass is 9.94. The van der Waals surface area contributed by atoms with Crippen molar-refractivity contribution in [2.75, 3.05) is 26.2 Å². The molecule has 2 saturated heterocycles. The quantitative estimate of drug-likeness (QED) is 0.869. The minimum absolute atomic E-state index is 0.172. The molecule has 2 fully saturated rings. The van der Waals surface area contributed by atoms with Crippen LogP contribution in [-0.2, 0) is 10.0 Å². The monoisotopic (exact) mass is 380 g/mol. The SMILES string of the molecule is CC1CC(C)CN(S(=O)(=O)c2cccc(C(=O)N3CCC(O)CC3)c2)C1. The van der Waals surface area contributed by atoms with Crippen LogP contribution >= 0.6 is 0 Å². The van der Waals surface area contributed by atoms with Crippen LogP contribution in [-0.4, -0.2) is 60.9 Å². The number of likely N-dealkylation sites (tertiary alicyclic amines) is 1. The lowest BCUT2D eigenvalue weighted by Gasteiger charge is -2.34. The molecule has 6 nitrogen and oxygen atoms in total. The fourth-order valence-corrected chi connectivity index (χ4v) is 5.72. The van der Waals surface area contributed by atoms with E-state index in [9.17, 15) is 18.3 Å². The summed E-state index contributed by atoms with van der Waals surface area (Å²) in [7, 11) is -3.60. The molecule has 2 heterocycles. The fraction of sp³-hybridized carbons (Fsp3) is 0.632. The number of aliphatic hydroxyl groups excluding tert-OH is 1. The molecule has 2 aliphatic rings. The third-order valence-electron chi connectivity index (χ3n) is 5.31. The van der Waals surface area contributed by atoms with Crippen molar-refractivity contribution in [1.29, 1.82) is 0 Å². The van der Waals surface area contributed by atoms with E-state index in [1.54, 1.807) is 27.4 Å². The third-order valence-corrected chi connectivity index (χ3v) is 7.13. The number of hydrogen-bond donors (Lipinski definition) is 1. The van der Waals surface area contributed by atoms with Crippen molar-refractivity contribution >= 4 is 15.9 Å². The van der Waals surface area contributed by atoms with E-state index in [0.717, 1.165) is 6.42 Å². The van der Waals surface area contributed by atoms with E-state index in [0.29, 0.717) is 56.4 Å². The van der Waals surface area contributed by atoms with Crippen LogP contribution in [0.25, 0.3) is 0 Å². The topological polar surface area (TPSA) is 77.9 Å². The fourth-order valence-electron chi connectivity index (χ4n) is 3.99. The Morgan fingerprint density at radius 1 is 1.12 bits per heavy atom. The van der Waals surface area contributed by atoms with Gasteiger partial charge in [0.25, 0.3) is 5.91 Å². The molecule has 0 saturated carbocycles. The Morgan fingerprint density at radius 3 is 2.35 bits per heavy atom. The van der Waals surface area contributed by atoms with Gasteiger partial charge >= 0.3 is 0 Å². The Balaban J connectivity index is 1.81. The molecule has 3 rings (SSSR count). The summed E-state index contributed by atoms with van der Waals surface area (Å²) in [5.74, 6) is 0.491. The number of carbonyl (C=O) groups is 1. The summed E-state index contributed by atoms with van der Waals surface area (Å²) in [6, 6.07) is 6.35. The second-order valence-corrected chi connectivity index (χ2v) is 9.76. The maximum atomic E-state index is 13.0. The summed E-state index contributed by atoms with van der Waals surface area (Å²) in [6.07, 6.45) is 1.81. The zero-order valence-electron chi connectivity index (χ0n) is 15.5. The van der Waals surface area contributed by atoms with Crippen LogP contribution in [0.2, 0.25) is 0 Å². The molecular formula is C19H28N2O4S. The van der Waals surface area contributed by atoms with E-state index >= 15 is 0 Å². The highest BCUT2D eigenvalue weighted by Crippen LogP contribution is 2.27. The zero-order valence-corrected chi connectivity index (χ0v) is 16.3. The number of carbonyl (C=O) groups excluding carboxylic acids is 1. The molecule has 2 unspecified atom stereocenters. The molecule has 2 atom stereocenters. The number of hydrogen-bond acceptors (Lipinski definition) is 4. The number of benzene rings is 1. The van der Waals surface area contributed by atoms with Gasteiger partial charge in [0.05, 0.1) is 11.0 Å². The van der Waals surface area contributed by atoms with Gasteiger partial charge in [0.2, 0.25) is 10.0 Å². The van der Waals surface area contributed by atoms with Gasteiger partial charge in [0, 0.05) is 31.7 Å². The Morgan fingerprint density at radius 2 is 1.73 bits per heavy atom. The van der Waals surface area contributed by atoms with Crippen LogP contribution in [0, 0.1) is 11.8 Å².